The van der Waals surface area contributed by atoms with Crippen molar-refractivity contribution in [3.63, 3.8) is 0 Å². The van der Waals surface area contributed by atoms with Crippen LogP contribution in [-0.4, -0.2) is 20.1 Å². The topological polar surface area (TPSA) is 21.6 Å². The Morgan fingerprint density at radius 2 is 2.33 bits per heavy atom. The normalized spacial score (nSPS) is 19.1. The summed E-state index contributed by atoms with van der Waals surface area (Å²) in [7, 11) is 1.58. The third kappa shape index (κ3) is 3.08. The first-order valence-electron chi connectivity index (χ1n) is 3.58. The Morgan fingerprint density at radius 3 is 2.83 bits per heavy atom. The van der Waals surface area contributed by atoms with Gasteiger partial charge in [0.15, 0.2) is 0 Å². The van der Waals surface area contributed by atoms with E-state index < -0.39 is 0 Å². The second-order valence-corrected chi connectivity index (χ2v) is 3.15. The van der Waals surface area contributed by atoms with Crippen molar-refractivity contribution in [1.29, 1.82) is 0 Å². The van der Waals surface area contributed by atoms with Crippen molar-refractivity contribution in [3.05, 3.63) is 11.1 Å². The minimum absolute atomic E-state index is 0.157. The van der Waals surface area contributed by atoms with Crippen LogP contribution in [0.5, 0.6) is 0 Å². The van der Waals surface area contributed by atoms with Crippen molar-refractivity contribution in [2.45, 2.75) is 6.92 Å². The number of hydrogen-bond acceptors (Lipinski definition) is 2. The van der Waals surface area contributed by atoms with Gasteiger partial charge in [-0.3, -0.25) is 4.99 Å². The van der Waals surface area contributed by atoms with Crippen molar-refractivity contribution in [1.82, 2.24) is 0 Å². The number of rotatable bonds is 4. The minimum atomic E-state index is -0.157. The molecule has 0 aromatic rings. The van der Waals surface area contributed by atoms with E-state index in [1.165, 1.54) is 0 Å². The maximum Gasteiger partial charge on any atom is 0.137 e. The molecule has 0 saturated carbocycles. The molecule has 3 heteroatoms. The fourth-order valence-corrected chi connectivity index (χ4v) is 0.970. The molecule has 0 N–H and O–H groups in total. The van der Waals surface area contributed by atoms with Crippen molar-refractivity contribution in [3.8, 4) is 11.8 Å². The van der Waals surface area contributed by atoms with E-state index in [0.29, 0.717) is 11.8 Å². The molecule has 0 aromatic carbocycles. The molecule has 0 aliphatic heterocycles. The van der Waals surface area contributed by atoms with Crippen LogP contribution in [0.4, 0.5) is 0 Å². The van der Waals surface area contributed by atoms with Crippen molar-refractivity contribution in [2.24, 2.45) is 10.4 Å². The molecule has 0 amide bonds. The number of ether oxygens (including phenoxy) is 1. The predicted octanol–water partition coefficient (Wildman–Crippen LogP) is 1.81. The van der Waals surface area contributed by atoms with Gasteiger partial charge in [0.1, 0.15) is 12.1 Å². The summed E-state index contributed by atoms with van der Waals surface area (Å²) in [6.07, 6.45) is 3.41. The number of hydrogen-bond donors (Lipinski definition) is 0. The van der Waals surface area contributed by atoms with E-state index >= 15 is 0 Å². The summed E-state index contributed by atoms with van der Waals surface area (Å²) in [6.45, 7) is 2.31. The highest BCUT2D eigenvalue weighted by Gasteiger charge is 2.24. The zero-order valence-corrected chi connectivity index (χ0v) is 7.85. The van der Waals surface area contributed by atoms with E-state index in [4.69, 9.17) is 16.3 Å². The average Bonchev–Trinajstić information content (AvgIpc) is 2.68. The van der Waals surface area contributed by atoms with E-state index in [1.807, 2.05) is 13.0 Å². The van der Waals surface area contributed by atoms with Crippen LogP contribution in [0.3, 0.4) is 0 Å². The SMILES string of the molecule is COCN=C/C(Cl)=C\C1(C)C#C1. The molecular formula is C9H10ClNO. The molecule has 0 heterocycles. The Kier molecular flexibility index (Phi) is 2.91. The first-order chi connectivity index (χ1) is 5.66. The molecule has 2 nitrogen and oxygen atoms in total. The molecule has 0 unspecified atom stereocenters. The van der Waals surface area contributed by atoms with Gasteiger partial charge in [0, 0.05) is 13.3 Å². The first kappa shape index (κ1) is 9.31. The van der Waals surface area contributed by atoms with E-state index in [1.54, 1.807) is 13.3 Å². The number of methoxy groups -OCH3 is 1. The van der Waals surface area contributed by atoms with Crippen LogP contribution in [0.15, 0.2) is 16.1 Å². The molecule has 1 rings (SSSR count). The van der Waals surface area contributed by atoms with Crippen LogP contribution in [0.1, 0.15) is 6.92 Å². The number of halogens is 1. The highest BCUT2D eigenvalue weighted by atomic mass is 35.5. The summed E-state index contributed by atoms with van der Waals surface area (Å²) in [5.74, 6) is 5.86. The van der Waals surface area contributed by atoms with Gasteiger partial charge < -0.3 is 4.74 Å². The maximum absolute atomic E-state index is 5.82. The fraction of sp³-hybridized carbons (Fsp3) is 0.444. The zero-order valence-electron chi connectivity index (χ0n) is 7.10. The molecule has 0 fully saturated rings. The summed E-state index contributed by atoms with van der Waals surface area (Å²) in [5.41, 5.74) is -0.157. The lowest BCUT2D eigenvalue weighted by Crippen LogP contribution is -1.93. The lowest BCUT2D eigenvalue weighted by molar-refractivity contribution is 0.209. The molecule has 0 saturated heterocycles. The molecule has 12 heavy (non-hydrogen) atoms. The van der Waals surface area contributed by atoms with Gasteiger partial charge in [-0.15, -0.1) is 0 Å². The molecule has 64 valence electrons. The molecule has 0 aromatic heterocycles. The van der Waals surface area contributed by atoms with Crippen LogP contribution >= 0.6 is 11.6 Å². The first-order valence-corrected chi connectivity index (χ1v) is 3.95. The second-order valence-electron chi connectivity index (χ2n) is 2.71. The fourth-order valence-electron chi connectivity index (χ4n) is 0.683. The average molecular weight is 184 g/mol. The number of nitrogens with zero attached hydrogens (tertiary/aromatic N) is 1. The second kappa shape index (κ2) is 3.75. The lowest BCUT2D eigenvalue weighted by Gasteiger charge is -1.97. The van der Waals surface area contributed by atoms with Gasteiger partial charge in [-0.25, -0.2) is 0 Å². The Hall–Kier alpha value is -0.780. The van der Waals surface area contributed by atoms with Gasteiger partial charge in [-0.05, 0) is 13.0 Å². The largest absolute Gasteiger partial charge is 0.363 e. The van der Waals surface area contributed by atoms with E-state index in [2.05, 4.69) is 16.8 Å². The predicted molar refractivity (Wildman–Crippen MR) is 50.2 cm³/mol. The van der Waals surface area contributed by atoms with E-state index in [-0.39, 0.29) is 5.41 Å². The Bertz CT molecular complexity index is 275. The zero-order chi connectivity index (χ0) is 9.03. The minimum Gasteiger partial charge on any atom is -0.363 e. The van der Waals surface area contributed by atoms with Gasteiger partial charge in [-0.2, -0.15) is 0 Å². The van der Waals surface area contributed by atoms with Crippen LogP contribution in [0.2, 0.25) is 0 Å². The van der Waals surface area contributed by atoms with E-state index in [0.717, 1.165) is 0 Å². The van der Waals surface area contributed by atoms with Crippen LogP contribution in [-0.2, 0) is 4.74 Å². The molecule has 0 spiro atoms. The van der Waals surface area contributed by atoms with Gasteiger partial charge in [0.25, 0.3) is 0 Å². The monoisotopic (exact) mass is 183 g/mol. The summed E-state index contributed by atoms with van der Waals surface area (Å²) < 4.78 is 4.72. The summed E-state index contributed by atoms with van der Waals surface area (Å²) in [5, 5.41) is 0.590. The van der Waals surface area contributed by atoms with Gasteiger partial charge in [0.05, 0.1) is 5.03 Å². The third-order valence-electron chi connectivity index (χ3n) is 1.36. The lowest BCUT2D eigenvalue weighted by atomic mass is 10.1. The molecular weight excluding hydrogens is 174 g/mol. The quantitative estimate of drug-likeness (QED) is 0.481. The van der Waals surface area contributed by atoms with E-state index in [9.17, 15) is 0 Å². The Balaban J connectivity index is 2.37. The number of allylic oxidation sites excluding steroid dienone is 2. The highest BCUT2D eigenvalue weighted by molar-refractivity contribution is 6.39. The highest BCUT2D eigenvalue weighted by Crippen LogP contribution is 2.27. The standard InChI is InChI=1S/C9H10ClNO/c1-9(3-4-9)5-8(10)6-11-7-12-2/h5-6H,7H2,1-2H3/b8-5+,11-6?. The molecule has 0 radical (unpaired) electrons. The molecule has 1 aliphatic rings. The van der Waals surface area contributed by atoms with Gasteiger partial charge in [0.2, 0.25) is 0 Å². The Labute approximate surface area is 77.3 Å². The maximum atomic E-state index is 5.82. The molecule has 1 aliphatic carbocycles. The van der Waals surface area contributed by atoms with Gasteiger partial charge >= 0.3 is 0 Å². The summed E-state index contributed by atoms with van der Waals surface area (Å²) in [6, 6.07) is 0. The number of aliphatic imine (C=N–C) groups is 1. The van der Waals surface area contributed by atoms with Crippen molar-refractivity contribution < 1.29 is 4.74 Å². The third-order valence-corrected chi connectivity index (χ3v) is 1.57. The van der Waals surface area contributed by atoms with Gasteiger partial charge in [-0.1, -0.05) is 23.4 Å². The van der Waals surface area contributed by atoms with Crippen LogP contribution < -0.4 is 0 Å². The molecule has 0 atom stereocenters. The van der Waals surface area contributed by atoms with Crippen molar-refractivity contribution in [2.75, 3.05) is 13.8 Å². The van der Waals surface area contributed by atoms with Crippen LogP contribution in [0.25, 0.3) is 0 Å². The Morgan fingerprint density at radius 1 is 1.67 bits per heavy atom. The smallest absolute Gasteiger partial charge is 0.137 e. The molecule has 0 bridgehead atoms. The summed E-state index contributed by atoms with van der Waals surface area (Å²) in [4.78, 5) is 3.90. The summed E-state index contributed by atoms with van der Waals surface area (Å²) >= 11 is 5.82. The van der Waals surface area contributed by atoms with Crippen molar-refractivity contribution >= 4 is 17.8 Å². The van der Waals surface area contributed by atoms with Crippen LogP contribution in [0, 0.1) is 17.3 Å².